The minimum Gasteiger partial charge on any atom is -0.298 e. The van der Waals surface area contributed by atoms with Gasteiger partial charge in [0.1, 0.15) is 5.82 Å². The van der Waals surface area contributed by atoms with Crippen molar-refractivity contribution in [2.75, 3.05) is 0 Å². The van der Waals surface area contributed by atoms with E-state index in [1.807, 2.05) is 13.8 Å². The molecule has 0 spiro atoms. The summed E-state index contributed by atoms with van der Waals surface area (Å²) in [6.07, 6.45) is 1.64. The van der Waals surface area contributed by atoms with E-state index in [9.17, 15) is 8.42 Å². The summed E-state index contributed by atoms with van der Waals surface area (Å²) in [6.45, 7) is 7.98. The summed E-state index contributed by atoms with van der Waals surface area (Å²) >= 11 is 0. The molecule has 0 aromatic carbocycles. The number of hydrogen-bond acceptors (Lipinski definition) is 4. The normalized spacial score (nSPS) is 12.6. The van der Waals surface area contributed by atoms with Crippen LogP contribution in [0.3, 0.4) is 0 Å². The van der Waals surface area contributed by atoms with Crippen LogP contribution in [0, 0.1) is 5.92 Å². The summed E-state index contributed by atoms with van der Waals surface area (Å²) in [6, 6.07) is -0.0318. The SMILES string of the molecule is CC(C)CCc1nnc(S(=O)(=O)Cl)n1C(C)C. The van der Waals surface area contributed by atoms with Gasteiger partial charge >= 0.3 is 0 Å². The Balaban J connectivity index is 3.12. The topological polar surface area (TPSA) is 64.8 Å². The first-order valence-electron chi connectivity index (χ1n) is 5.62. The zero-order valence-electron chi connectivity index (χ0n) is 10.5. The highest BCUT2D eigenvalue weighted by Gasteiger charge is 2.23. The van der Waals surface area contributed by atoms with Crippen LogP contribution in [0.4, 0.5) is 0 Å². The Bertz CT molecular complexity index is 480. The standard InChI is InChI=1S/C10H18ClN3O2S/c1-7(2)5-6-9-12-13-10(17(11,15)16)14(9)8(3)4/h7-8H,5-6H2,1-4H3. The van der Waals surface area contributed by atoms with Gasteiger partial charge in [-0.05, 0) is 26.2 Å². The Kier molecular flexibility index (Phi) is 4.55. The van der Waals surface area contributed by atoms with Crippen molar-refractivity contribution >= 4 is 19.7 Å². The molecule has 0 bridgehead atoms. The Morgan fingerprint density at radius 3 is 2.24 bits per heavy atom. The van der Waals surface area contributed by atoms with Crippen molar-refractivity contribution in [2.45, 2.75) is 51.7 Å². The van der Waals surface area contributed by atoms with Crippen molar-refractivity contribution < 1.29 is 8.42 Å². The van der Waals surface area contributed by atoms with Gasteiger partial charge in [0, 0.05) is 23.1 Å². The van der Waals surface area contributed by atoms with Crippen LogP contribution in [-0.4, -0.2) is 23.2 Å². The fraction of sp³-hybridized carbons (Fsp3) is 0.800. The largest absolute Gasteiger partial charge is 0.298 e. The highest BCUT2D eigenvalue weighted by atomic mass is 35.7. The molecule has 0 atom stereocenters. The van der Waals surface area contributed by atoms with Crippen LogP contribution in [0.5, 0.6) is 0 Å². The molecule has 0 saturated heterocycles. The molecule has 0 aliphatic carbocycles. The lowest BCUT2D eigenvalue weighted by atomic mass is 10.1. The number of rotatable bonds is 5. The molecule has 1 rings (SSSR count). The predicted molar refractivity (Wildman–Crippen MR) is 66.6 cm³/mol. The summed E-state index contributed by atoms with van der Waals surface area (Å²) in [5, 5.41) is 7.45. The summed E-state index contributed by atoms with van der Waals surface area (Å²) in [7, 11) is 1.50. The molecule has 0 aliphatic heterocycles. The Labute approximate surface area is 107 Å². The monoisotopic (exact) mass is 279 g/mol. The van der Waals surface area contributed by atoms with Crippen LogP contribution in [0.25, 0.3) is 0 Å². The highest BCUT2D eigenvalue weighted by Crippen LogP contribution is 2.20. The van der Waals surface area contributed by atoms with Gasteiger partial charge in [-0.25, -0.2) is 8.42 Å². The van der Waals surface area contributed by atoms with Crippen molar-refractivity contribution in [3.8, 4) is 0 Å². The van der Waals surface area contributed by atoms with Crippen molar-refractivity contribution in [1.29, 1.82) is 0 Å². The molecule has 98 valence electrons. The molecule has 17 heavy (non-hydrogen) atoms. The average molecular weight is 280 g/mol. The molecule has 1 heterocycles. The third-order valence-corrected chi connectivity index (χ3v) is 3.54. The Morgan fingerprint density at radius 2 is 1.82 bits per heavy atom. The second kappa shape index (κ2) is 5.35. The van der Waals surface area contributed by atoms with Crippen molar-refractivity contribution in [2.24, 2.45) is 5.92 Å². The van der Waals surface area contributed by atoms with Crippen LogP contribution in [-0.2, 0) is 15.5 Å². The van der Waals surface area contributed by atoms with Crippen molar-refractivity contribution in [1.82, 2.24) is 14.8 Å². The maximum absolute atomic E-state index is 11.4. The molecule has 0 unspecified atom stereocenters. The summed E-state index contributed by atoms with van der Waals surface area (Å²) in [5.41, 5.74) is 0. The lowest BCUT2D eigenvalue weighted by Crippen LogP contribution is -2.12. The summed E-state index contributed by atoms with van der Waals surface area (Å²) in [5.74, 6) is 1.20. The number of nitrogens with zero attached hydrogens (tertiary/aromatic N) is 3. The minimum atomic E-state index is -3.83. The van der Waals surface area contributed by atoms with Gasteiger partial charge in [0.05, 0.1) is 0 Å². The molecule has 0 N–H and O–H groups in total. The summed E-state index contributed by atoms with van der Waals surface area (Å²) in [4.78, 5) is 0. The fourth-order valence-corrected chi connectivity index (χ4v) is 2.59. The number of hydrogen-bond donors (Lipinski definition) is 0. The lowest BCUT2D eigenvalue weighted by Gasteiger charge is -2.13. The maximum atomic E-state index is 11.4. The molecule has 7 heteroatoms. The second-order valence-corrected chi connectivity index (χ2v) is 7.19. The van der Waals surface area contributed by atoms with Crippen LogP contribution in [0.15, 0.2) is 5.16 Å². The van der Waals surface area contributed by atoms with Crippen molar-refractivity contribution in [3.05, 3.63) is 5.82 Å². The molecule has 0 amide bonds. The van der Waals surface area contributed by atoms with Gasteiger partial charge in [0.2, 0.25) is 0 Å². The van der Waals surface area contributed by atoms with Gasteiger partial charge in [0.25, 0.3) is 14.2 Å². The van der Waals surface area contributed by atoms with E-state index in [0.29, 0.717) is 18.2 Å². The van der Waals surface area contributed by atoms with Gasteiger partial charge in [0.15, 0.2) is 0 Å². The first-order valence-corrected chi connectivity index (χ1v) is 7.92. The molecule has 0 fully saturated rings. The van der Waals surface area contributed by atoms with E-state index in [2.05, 4.69) is 24.0 Å². The van der Waals surface area contributed by atoms with Gasteiger partial charge in [-0.2, -0.15) is 0 Å². The Morgan fingerprint density at radius 1 is 1.24 bits per heavy atom. The number of aryl methyl sites for hydroxylation is 1. The van der Waals surface area contributed by atoms with Gasteiger partial charge in [-0.1, -0.05) is 13.8 Å². The first-order chi connectivity index (χ1) is 7.73. The molecule has 0 radical (unpaired) electrons. The average Bonchev–Trinajstić information content (AvgIpc) is 2.57. The van der Waals surface area contributed by atoms with Gasteiger partial charge in [-0.15, -0.1) is 10.2 Å². The molecule has 0 aliphatic rings. The third-order valence-electron chi connectivity index (χ3n) is 2.41. The molecular weight excluding hydrogens is 262 g/mol. The minimum absolute atomic E-state index is 0.0318. The maximum Gasteiger partial charge on any atom is 0.296 e. The van der Waals surface area contributed by atoms with E-state index in [-0.39, 0.29) is 11.2 Å². The molecule has 1 aromatic rings. The van der Waals surface area contributed by atoms with E-state index < -0.39 is 9.05 Å². The van der Waals surface area contributed by atoms with Gasteiger partial charge in [-0.3, -0.25) is 4.57 Å². The van der Waals surface area contributed by atoms with Crippen LogP contribution in [0.1, 0.15) is 46.0 Å². The van der Waals surface area contributed by atoms with Crippen LogP contribution in [0.2, 0.25) is 0 Å². The smallest absolute Gasteiger partial charge is 0.296 e. The summed E-state index contributed by atoms with van der Waals surface area (Å²) < 4.78 is 24.3. The molecular formula is C10H18ClN3O2S. The quantitative estimate of drug-likeness (QED) is 0.776. The zero-order chi connectivity index (χ0) is 13.2. The van der Waals surface area contributed by atoms with Gasteiger partial charge < -0.3 is 0 Å². The predicted octanol–water partition coefficient (Wildman–Crippen LogP) is 2.38. The van der Waals surface area contributed by atoms with E-state index in [1.54, 1.807) is 4.57 Å². The lowest BCUT2D eigenvalue weighted by molar-refractivity contribution is 0.490. The molecule has 5 nitrogen and oxygen atoms in total. The Hall–Kier alpha value is -0.620. The molecule has 1 aromatic heterocycles. The third kappa shape index (κ3) is 3.67. The van der Waals surface area contributed by atoms with Crippen LogP contribution >= 0.6 is 10.7 Å². The molecule has 0 saturated carbocycles. The van der Waals surface area contributed by atoms with E-state index in [1.165, 1.54) is 0 Å². The van der Waals surface area contributed by atoms with Crippen molar-refractivity contribution in [3.63, 3.8) is 0 Å². The van der Waals surface area contributed by atoms with E-state index >= 15 is 0 Å². The highest BCUT2D eigenvalue weighted by molar-refractivity contribution is 8.13. The second-order valence-electron chi connectivity index (χ2n) is 4.73. The first kappa shape index (κ1) is 14.4. The van der Waals surface area contributed by atoms with E-state index in [4.69, 9.17) is 10.7 Å². The number of halogens is 1. The van der Waals surface area contributed by atoms with E-state index in [0.717, 1.165) is 6.42 Å². The fourth-order valence-electron chi connectivity index (χ4n) is 1.58. The van der Waals surface area contributed by atoms with Crippen LogP contribution < -0.4 is 0 Å². The zero-order valence-corrected chi connectivity index (χ0v) is 12.1. The number of aromatic nitrogens is 3.